The number of pyridine rings is 1. The van der Waals surface area contributed by atoms with Gasteiger partial charge < -0.3 is 5.32 Å². The molecule has 2 aromatic rings. The van der Waals surface area contributed by atoms with Gasteiger partial charge in [-0.25, -0.2) is 4.98 Å². The molecule has 1 fully saturated rings. The number of hydrogen-bond donors (Lipinski definition) is 1. The molecule has 94 valence electrons. The summed E-state index contributed by atoms with van der Waals surface area (Å²) in [6.07, 6.45) is 7.39. The van der Waals surface area contributed by atoms with Crippen LogP contribution in [-0.4, -0.2) is 22.6 Å². The number of nitrogens with zero attached hydrogens (tertiary/aromatic N) is 2. The third-order valence-corrected chi connectivity index (χ3v) is 4.62. The Morgan fingerprint density at radius 2 is 2.44 bits per heavy atom. The van der Waals surface area contributed by atoms with E-state index < -0.39 is 0 Å². The summed E-state index contributed by atoms with van der Waals surface area (Å²) in [5.41, 5.74) is 2.30. The lowest BCUT2D eigenvalue weighted by molar-refractivity contribution is 0.606. The van der Waals surface area contributed by atoms with E-state index >= 15 is 0 Å². The van der Waals surface area contributed by atoms with Gasteiger partial charge in [0.1, 0.15) is 5.01 Å². The van der Waals surface area contributed by atoms with Crippen LogP contribution in [-0.2, 0) is 6.42 Å². The zero-order valence-electron chi connectivity index (χ0n) is 10.5. The molecule has 3 heterocycles. The number of thiazole rings is 1. The van der Waals surface area contributed by atoms with E-state index in [1.54, 1.807) is 6.20 Å². The maximum Gasteiger partial charge on any atom is 0.125 e. The van der Waals surface area contributed by atoms with Crippen LogP contribution in [0.1, 0.15) is 23.4 Å². The monoisotopic (exact) mass is 259 g/mol. The summed E-state index contributed by atoms with van der Waals surface area (Å²) in [4.78, 5) is 10.2. The van der Waals surface area contributed by atoms with Gasteiger partial charge in [0.15, 0.2) is 0 Å². The molecule has 0 spiro atoms. The van der Waals surface area contributed by atoms with Gasteiger partial charge in [0.25, 0.3) is 0 Å². The predicted molar refractivity (Wildman–Crippen MR) is 74.8 cm³/mol. The fourth-order valence-corrected chi connectivity index (χ4v) is 3.52. The summed E-state index contributed by atoms with van der Waals surface area (Å²) in [5.74, 6) is 0. The van der Waals surface area contributed by atoms with E-state index in [2.05, 4.69) is 28.3 Å². The lowest BCUT2D eigenvalue weighted by atomic mass is 10.1. The quantitative estimate of drug-likeness (QED) is 0.921. The maximum atomic E-state index is 4.67. The highest BCUT2D eigenvalue weighted by molar-refractivity contribution is 7.15. The van der Waals surface area contributed by atoms with Gasteiger partial charge in [0, 0.05) is 28.9 Å². The third-order valence-electron chi connectivity index (χ3n) is 3.40. The van der Waals surface area contributed by atoms with E-state index in [1.807, 2.05) is 23.6 Å². The van der Waals surface area contributed by atoms with Crippen molar-refractivity contribution in [3.05, 3.63) is 35.1 Å². The minimum atomic E-state index is 0.644. The minimum Gasteiger partial charge on any atom is -0.314 e. The fraction of sp³-hybridized carbons (Fsp3) is 0.429. The molecule has 0 bridgehead atoms. The molecule has 18 heavy (non-hydrogen) atoms. The number of rotatable bonds is 3. The third kappa shape index (κ3) is 2.44. The molecular weight excluding hydrogens is 242 g/mol. The molecule has 0 aliphatic carbocycles. The summed E-state index contributed by atoms with van der Waals surface area (Å²) in [6, 6.07) is 4.68. The highest BCUT2D eigenvalue weighted by atomic mass is 32.1. The Morgan fingerprint density at radius 1 is 1.50 bits per heavy atom. The van der Waals surface area contributed by atoms with Gasteiger partial charge in [-0.1, -0.05) is 0 Å². The molecule has 0 aromatic carbocycles. The molecule has 1 unspecified atom stereocenters. The van der Waals surface area contributed by atoms with Gasteiger partial charge in [0.2, 0.25) is 0 Å². The maximum absolute atomic E-state index is 4.67. The molecule has 3 nitrogen and oxygen atoms in total. The van der Waals surface area contributed by atoms with Crippen molar-refractivity contribution in [2.24, 2.45) is 0 Å². The van der Waals surface area contributed by atoms with Gasteiger partial charge in [-0.05, 0) is 44.9 Å². The Bertz CT molecular complexity index is 515. The van der Waals surface area contributed by atoms with Gasteiger partial charge in [-0.2, -0.15) is 0 Å². The SMILES string of the molecule is Cc1nc(-c2cccnc2)sc1CC1CCCN1. The molecule has 4 heteroatoms. The number of nitrogens with one attached hydrogen (secondary N) is 1. The first-order valence-electron chi connectivity index (χ1n) is 6.43. The Labute approximate surface area is 111 Å². The zero-order valence-corrected chi connectivity index (χ0v) is 11.3. The Hall–Kier alpha value is -1.26. The van der Waals surface area contributed by atoms with E-state index in [4.69, 9.17) is 0 Å². The molecule has 1 aliphatic rings. The summed E-state index contributed by atoms with van der Waals surface area (Å²) < 4.78 is 0. The van der Waals surface area contributed by atoms with Gasteiger partial charge in [0.05, 0.1) is 5.69 Å². The van der Waals surface area contributed by atoms with Gasteiger partial charge in [-0.3, -0.25) is 4.98 Å². The summed E-state index contributed by atoms with van der Waals surface area (Å²) in [7, 11) is 0. The lowest BCUT2D eigenvalue weighted by Crippen LogP contribution is -2.23. The second kappa shape index (κ2) is 5.16. The van der Waals surface area contributed by atoms with Crippen molar-refractivity contribution in [3.8, 4) is 10.6 Å². The van der Waals surface area contributed by atoms with E-state index in [1.165, 1.54) is 23.4 Å². The lowest BCUT2D eigenvalue weighted by Gasteiger charge is -2.07. The van der Waals surface area contributed by atoms with Crippen molar-refractivity contribution < 1.29 is 0 Å². The molecule has 1 atom stereocenters. The van der Waals surface area contributed by atoms with E-state index in [0.29, 0.717) is 6.04 Å². The van der Waals surface area contributed by atoms with E-state index in [9.17, 15) is 0 Å². The average Bonchev–Trinajstić information content (AvgIpc) is 3.02. The molecule has 0 amide bonds. The van der Waals surface area contributed by atoms with Crippen molar-refractivity contribution in [1.82, 2.24) is 15.3 Å². The predicted octanol–water partition coefficient (Wildman–Crippen LogP) is 2.81. The molecule has 2 aromatic heterocycles. The second-order valence-electron chi connectivity index (χ2n) is 4.77. The van der Waals surface area contributed by atoms with E-state index in [0.717, 1.165) is 23.5 Å². The van der Waals surface area contributed by atoms with Crippen LogP contribution in [0.4, 0.5) is 0 Å². The molecule has 0 radical (unpaired) electrons. The Kier molecular flexibility index (Phi) is 3.39. The van der Waals surface area contributed by atoms with Crippen LogP contribution >= 0.6 is 11.3 Å². The summed E-state index contributed by atoms with van der Waals surface area (Å²) in [6.45, 7) is 3.28. The smallest absolute Gasteiger partial charge is 0.125 e. The summed E-state index contributed by atoms with van der Waals surface area (Å²) in [5, 5.41) is 4.64. The number of aromatic nitrogens is 2. The van der Waals surface area contributed by atoms with Crippen molar-refractivity contribution in [1.29, 1.82) is 0 Å². The molecule has 1 N–H and O–H groups in total. The van der Waals surface area contributed by atoms with Gasteiger partial charge in [-0.15, -0.1) is 11.3 Å². The van der Waals surface area contributed by atoms with Crippen molar-refractivity contribution in [2.45, 2.75) is 32.2 Å². The standard InChI is InChI=1S/C14H17N3S/c1-10-13(8-12-5-3-7-16-12)18-14(17-10)11-4-2-6-15-9-11/h2,4,6,9,12,16H,3,5,7-8H2,1H3. The molecule has 0 saturated carbocycles. The summed E-state index contributed by atoms with van der Waals surface area (Å²) >= 11 is 1.81. The van der Waals surface area contributed by atoms with Crippen LogP contribution in [0.3, 0.4) is 0 Å². The van der Waals surface area contributed by atoms with Crippen LogP contribution in [0, 0.1) is 6.92 Å². The average molecular weight is 259 g/mol. The largest absolute Gasteiger partial charge is 0.314 e. The Balaban J connectivity index is 1.82. The van der Waals surface area contributed by atoms with E-state index in [-0.39, 0.29) is 0 Å². The molecule has 3 rings (SSSR count). The second-order valence-corrected chi connectivity index (χ2v) is 5.85. The minimum absolute atomic E-state index is 0.644. The van der Waals surface area contributed by atoms with Crippen LogP contribution in [0.5, 0.6) is 0 Å². The first-order valence-corrected chi connectivity index (χ1v) is 7.24. The molecular formula is C14H17N3S. The number of hydrogen-bond acceptors (Lipinski definition) is 4. The van der Waals surface area contributed by atoms with Crippen LogP contribution < -0.4 is 5.32 Å². The highest BCUT2D eigenvalue weighted by Gasteiger charge is 2.18. The molecule has 1 saturated heterocycles. The van der Waals surface area contributed by atoms with Crippen molar-refractivity contribution >= 4 is 11.3 Å². The normalized spacial score (nSPS) is 19.3. The topological polar surface area (TPSA) is 37.8 Å². The fourth-order valence-electron chi connectivity index (χ4n) is 2.38. The van der Waals surface area contributed by atoms with Crippen LogP contribution in [0.25, 0.3) is 10.6 Å². The first kappa shape index (κ1) is 11.8. The highest BCUT2D eigenvalue weighted by Crippen LogP contribution is 2.29. The van der Waals surface area contributed by atoms with Crippen molar-refractivity contribution in [3.63, 3.8) is 0 Å². The Morgan fingerprint density at radius 3 is 3.17 bits per heavy atom. The molecule has 1 aliphatic heterocycles. The zero-order chi connectivity index (χ0) is 12.4. The first-order chi connectivity index (χ1) is 8.83. The van der Waals surface area contributed by atoms with Crippen molar-refractivity contribution in [2.75, 3.05) is 6.54 Å². The van der Waals surface area contributed by atoms with Gasteiger partial charge >= 0.3 is 0 Å². The number of aryl methyl sites for hydroxylation is 1. The van der Waals surface area contributed by atoms with Crippen LogP contribution in [0.15, 0.2) is 24.5 Å². The van der Waals surface area contributed by atoms with Crippen LogP contribution in [0.2, 0.25) is 0 Å².